The van der Waals surface area contributed by atoms with Gasteiger partial charge in [-0.3, -0.25) is 0 Å². The van der Waals surface area contributed by atoms with Gasteiger partial charge in [-0.2, -0.15) is 24.7 Å². The van der Waals surface area contributed by atoms with Gasteiger partial charge in [0.25, 0.3) is 5.95 Å². The van der Waals surface area contributed by atoms with Crippen LogP contribution in [0, 0.1) is 0 Å². The van der Waals surface area contributed by atoms with E-state index in [1.165, 1.54) is 22.2 Å². The smallest absolute Gasteiger partial charge is 0.316 e. The molecule has 11 heteroatoms. The molecule has 2 heterocycles. The molecule has 0 fully saturated rings. The summed E-state index contributed by atoms with van der Waals surface area (Å²) < 4.78 is 1.37. The molecule has 0 aromatic carbocycles. The number of amides is 2. The minimum absolute atomic E-state index is 0.0651. The molecule has 0 aliphatic carbocycles. The molecule has 11 nitrogen and oxygen atoms in total. The zero-order chi connectivity index (χ0) is 15.2. The Hall–Kier alpha value is -2.98. The van der Waals surface area contributed by atoms with Crippen LogP contribution < -0.4 is 16.4 Å². The molecule has 112 valence electrons. The van der Waals surface area contributed by atoms with Crippen molar-refractivity contribution in [3.8, 4) is 5.95 Å². The Balaban J connectivity index is 1.93. The third-order valence-electron chi connectivity index (χ3n) is 2.36. The number of nitrogens with zero attached hydrogens (tertiary/aromatic N) is 7. The average Bonchev–Trinajstić information content (AvgIpc) is 2.96. The van der Waals surface area contributed by atoms with Crippen LogP contribution in [0.4, 0.5) is 16.7 Å². The fourth-order valence-electron chi connectivity index (χ4n) is 1.38. The minimum atomic E-state index is -0.171. The first-order chi connectivity index (χ1) is 10.1. The van der Waals surface area contributed by atoms with Gasteiger partial charge < -0.3 is 21.3 Å². The largest absolute Gasteiger partial charge is 0.368 e. The fraction of sp³-hybridized carbons (Fsp3) is 0.400. The molecule has 21 heavy (non-hydrogen) atoms. The van der Waals surface area contributed by atoms with Crippen LogP contribution in [-0.4, -0.2) is 67.8 Å². The maximum absolute atomic E-state index is 11.3. The van der Waals surface area contributed by atoms with Gasteiger partial charge in [-0.1, -0.05) is 0 Å². The van der Waals surface area contributed by atoms with Crippen molar-refractivity contribution in [3.63, 3.8) is 0 Å². The number of carbonyl (C=O) groups excluding carboxylic acids is 1. The Morgan fingerprint density at radius 3 is 2.81 bits per heavy atom. The Labute approximate surface area is 120 Å². The highest BCUT2D eigenvalue weighted by atomic mass is 16.2. The number of nitrogens with two attached hydrogens (primary N) is 1. The molecule has 0 saturated heterocycles. The number of hydrogen-bond donors (Lipinski definition) is 3. The molecule has 4 N–H and O–H groups in total. The Morgan fingerprint density at radius 2 is 2.14 bits per heavy atom. The van der Waals surface area contributed by atoms with Gasteiger partial charge in [0, 0.05) is 27.2 Å². The minimum Gasteiger partial charge on any atom is -0.368 e. The summed E-state index contributed by atoms with van der Waals surface area (Å²) in [5.41, 5.74) is 5.62. The second-order valence-corrected chi connectivity index (χ2v) is 4.21. The van der Waals surface area contributed by atoms with Crippen LogP contribution in [-0.2, 0) is 0 Å². The second kappa shape index (κ2) is 6.45. The quantitative estimate of drug-likeness (QED) is 0.579. The van der Waals surface area contributed by atoms with Crippen molar-refractivity contribution in [2.75, 3.05) is 38.2 Å². The van der Waals surface area contributed by atoms with E-state index < -0.39 is 0 Å². The summed E-state index contributed by atoms with van der Waals surface area (Å²) in [6.45, 7) is 0.862. The summed E-state index contributed by atoms with van der Waals surface area (Å²) in [5.74, 6) is 0.627. The van der Waals surface area contributed by atoms with Gasteiger partial charge >= 0.3 is 6.03 Å². The lowest BCUT2D eigenvalue weighted by atomic mass is 10.6. The van der Waals surface area contributed by atoms with Crippen molar-refractivity contribution in [1.29, 1.82) is 0 Å². The zero-order valence-electron chi connectivity index (χ0n) is 11.7. The summed E-state index contributed by atoms with van der Waals surface area (Å²) >= 11 is 0. The van der Waals surface area contributed by atoms with Crippen LogP contribution in [0.25, 0.3) is 5.95 Å². The lowest BCUT2D eigenvalue weighted by Crippen LogP contribution is -2.37. The Bertz CT molecular complexity index is 596. The van der Waals surface area contributed by atoms with E-state index in [9.17, 15) is 4.79 Å². The number of nitrogen functional groups attached to an aromatic ring is 1. The second-order valence-electron chi connectivity index (χ2n) is 4.21. The first-order valence-electron chi connectivity index (χ1n) is 6.12. The maximum Gasteiger partial charge on any atom is 0.316 e. The number of rotatable bonds is 5. The average molecular weight is 292 g/mol. The van der Waals surface area contributed by atoms with E-state index in [0.29, 0.717) is 19.0 Å². The summed E-state index contributed by atoms with van der Waals surface area (Å²) in [4.78, 5) is 28.6. The lowest BCUT2D eigenvalue weighted by Gasteiger charge is -2.12. The van der Waals surface area contributed by atoms with Crippen molar-refractivity contribution in [2.24, 2.45) is 0 Å². The van der Waals surface area contributed by atoms with Gasteiger partial charge in [0.15, 0.2) is 0 Å². The highest BCUT2D eigenvalue weighted by Gasteiger charge is 2.07. The zero-order valence-corrected chi connectivity index (χ0v) is 11.7. The van der Waals surface area contributed by atoms with E-state index in [-0.39, 0.29) is 17.9 Å². The van der Waals surface area contributed by atoms with E-state index >= 15 is 0 Å². The highest BCUT2D eigenvalue weighted by molar-refractivity contribution is 5.73. The predicted molar refractivity (Wildman–Crippen MR) is 74.7 cm³/mol. The van der Waals surface area contributed by atoms with Crippen LogP contribution in [0.5, 0.6) is 0 Å². The third-order valence-corrected chi connectivity index (χ3v) is 2.36. The molecule has 0 saturated carbocycles. The van der Waals surface area contributed by atoms with Gasteiger partial charge in [-0.05, 0) is 0 Å². The molecule has 2 aromatic heterocycles. The maximum atomic E-state index is 11.3. The SMILES string of the molecule is CN(C)C(=O)NCCNc1nc(N)nc(-n2cncn2)n1. The highest BCUT2D eigenvalue weighted by Crippen LogP contribution is 2.04. The molecule has 0 spiro atoms. The van der Waals surface area contributed by atoms with Crippen molar-refractivity contribution >= 4 is 17.9 Å². The molecule has 0 unspecified atom stereocenters. The molecule has 0 aliphatic rings. The molecular formula is C10H16N10O. The predicted octanol–water partition coefficient (Wildman–Crippen LogP) is -1.28. The van der Waals surface area contributed by atoms with E-state index in [0.717, 1.165) is 0 Å². The van der Waals surface area contributed by atoms with Crippen LogP contribution in [0.3, 0.4) is 0 Å². The number of carbonyl (C=O) groups is 1. The summed E-state index contributed by atoms with van der Waals surface area (Å²) in [7, 11) is 3.33. The molecule has 2 rings (SSSR count). The van der Waals surface area contributed by atoms with Gasteiger partial charge in [0.2, 0.25) is 11.9 Å². The molecule has 0 radical (unpaired) electrons. The van der Waals surface area contributed by atoms with E-state index in [1.807, 2.05) is 0 Å². The number of hydrogen-bond acceptors (Lipinski definition) is 8. The van der Waals surface area contributed by atoms with Crippen molar-refractivity contribution in [2.45, 2.75) is 0 Å². The Kier molecular flexibility index (Phi) is 4.43. The number of nitrogens with one attached hydrogen (secondary N) is 2. The number of urea groups is 1. The summed E-state index contributed by atoms with van der Waals surface area (Å²) in [6.07, 6.45) is 2.82. The van der Waals surface area contributed by atoms with E-state index in [1.54, 1.807) is 14.1 Å². The molecule has 0 atom stereocenters. The number of aromatic nitrogens is 6. The summed E-state index contributed by atoms with van der Waals surface area (Å²) in [6, 6.07) is -0.171. The van der Waals surface area contributed by atoms with Crippen LogP contribution >= 0.6 is 0 Å². The van der Waals surface area contributed by atoms with Gasteiger partial charge in [0.1, 0.15) is 12.7 Å². The van der Waals surface area contributed by atoms with Gasteiger partial charge in [-0.25, -0.2) is 9.78 Å². The van der Waals surface area contributed by atoms with Gasteiger partial charge in [-0.15, -0.1) is 0 Å². The third kappa shape index (κ3) is 3.99. The Morgan fingerprint density at radius 1 is 1.33 bits per heavy atom. The van der Waals surface area contributed by atoms with Crippen LogP contribution in [0.1, 0.15) is 0 Å². The molecule has 2 amide bonds. The monoisotopic (exact) mass is 292 g/mol. The van der Waals surface area contributed by atoms with E-state index in [2.05, 4.69) is 35.7 Å². The number of anilines is 2. The topological polar surface area (TPSA) is 140 Å². The molecule has 0 bridgehead atoms. The molecular weight excluding hydrogens is 276 g/mol. The standard InChI is InChI=1S/C10H16N10O/c1-19(2)10(21)14-4-3-13-8-16-7(11)17-9(18-8)20-6-12-5-15-20/h5-6H,3-4H2,1-2H3,(H,14,21)(H3,11,13,16,17,18). The first kappa shape index (κ1) is 14.4. The molecule has 2 aromatic rings. The van der Waals surface area contributed by atoms with Crippen LogP contribution in [0.15, 0.2) is 12.7 Å². The first-order valence-corrected chi connectivity index (χ1v) is 6.12. The fourth-order valence-corrected chi connectivity index (χ4v) is 1.38. The lowest BCUT2D eigenvalue weighted by molar-refractivity contribution is 0.218. The van der Waals surface area contributed by atoms with Crippen molar-refractivity contribution < 1.29 is 4.79 Å². The van der Waals surface area contributed by atoms with Crippen molar-refractivity contribution in [3.05, 3.63) is 12.7 Å². The summed E-state index contributed by atoms with van der Waals surface area (Å²) in [5, 5.41) is 9.56. The van der Waals surface area contributed by atoms with E-state index in [4.69, 9.17) is 5.73 Å². The molecule has 0 aliphatic heterocycles. The van der Waals surface area contributed by atoms with Crippen molar-refractivity contribution in [1.82, 2.24) is 39.9 Å². The van der Waals surface area contributed by atoms with Crippen LogP contribution in [0.2, 0.25) is 0 Å². The van der Waals surface area contributed by atoms with Gasteiger partial charge in [0.05, 0.1) is 0 Å². The normalized spacial score (nSPS) is 10.2.